The number of sulfonamides is 1. The lowest BCUT2D eigenvalue weighted by molar-refractivity contribution is -0.121. The summed E-state index contributed by atoms with van der Waals surface area (Å²) in [5.41, 5.74) is 1.33. The molecule has 8 heteroatoms. The first-order valence-electron chi connectivity index (χ1n) is 9.17. The highest BCUT2D eigenvalue weighted by Gasteiger charge is 2.27. The summed E-state index contributed by atoms with van der Waals surface area (Å²) in [6.07, 6.45) is 0.513. The van der Waals surface area contributed by atoms with Crippen LogP contribution in [0.5, 0.6) is 5.75 Å². The smallest absolute Gasteiger partial charge is 0.243 e. The molecule has 1 aliphatic rings. The summed E-state index contributed by atoms with van der Waals surface area (Å²) in [6.45, 7) is 4.62. The van der Waals surface area contributed by atoms with Gasteiger partial charge in [0.1, 0.15) is 12.4 Å². The third-order valence-electron chi connectivity index (χ3n) is 4.74. The Hall–Kier alpha value is -2.09. The fraction of sp³-hybridized carbons (Fsp3) is 0.350. The summed E-state index contributed by atoms with van der Waals surface area (Å²) in [7, 11) is -3.59. The molecule has 2 aromatic rings. The van der Waals surface area contributed by atoms with Gasteiger partial charge >= 0.3 is 0 Å². The first kappa shape index (κ1) is 20.6. The van der Waals surface area contributed by atoms with Gasteiger partial charge in [0.05, 0.1) is 10.8 Å². The average Bonchev–Trinajstić information content (AvgIpc) is 2.68. The number of halogens is 1. The number of hydrogen-bond acceptors (Lipinski definition) is 4. The maximum Gasteiger partial charge on any atom is 0.243 e. The Morgan fingerprint density at radius 2 is 1.96 bits per heavy atom. The van der Waals surface area contributed by atoms with E-state index >= 15 is 0 Å². The van der Waals surface area contributed by atoms with Crippen LogP contribution >= 0.6 is 11.6 Å². The van der Waals surface area contributed by atoms with Crippen LogP contribution in [0.25, 0.3) is 0 Å². The average molecular weight is 423 g/mol. The molecule has 1 aliphatic heterocycles. The second-order valence-corrected chi connectivity index (χ2v) is 8.94. The van der Waals surface area contributed by atoms with Crippen molar-refractivity contribution in [3.8, 4) is 5.75 Å². The Kier molecular flexibility index (Phi) is 6.27. The first-order chi connectivity index (χ1) is 13.3. The van der Waals surface area contributed by atoms with E-state index in [4.69, 9.17) is 16.3 Å². The predicted molar refractivity (Wildman–Crippen MR) is 109 cm³/mol. The lowest BCUT2D eigenvalue weighted by Crippen LogP contribution is -2.33. The lowest BCUT2D eigenvalue weighted by atomic mass is 9.96. The van der Waals surface area contributed by atoms with E-state index in [-0.39, 0.29) is 23.3 Å². The minimum atomic E-state index is -3.59. The predicted octanol–water partition coefficient (Wildman–Crippen LogP) is 3.56. The van der Waals surface area contributed by atoms with Gasteiger partial charge in [0.2, 0.25) is 15.9 Å². The van der Waals surface area contributed by atoms with Gasteiger partial charge in [-0.1, -0.05) is 31.5 Å². The van der Waals surface area contributed by atoms with E-state index < -0.39 is 10.0 Å². The van der Waals surface area contributed by atoms with Gasteiger partial charge < -0.3 is 10.1 Å². The molecule has 0 spiro atoms. The Bertz CT molecular complexity index is 974. The summed E-state index contributed by atoms with van der Waals surface area (Å²) in [6, 6.07) is 11.7. The molecule has 150 valence electrons. The lowest BCUT2D eigenvalue weighted by Gasteiger charge is -2.25. The number of nitrogens with one attached hydrogen (secondary N) is 1. The first-order valence-corrected chi connectivity index (χ1v) is 11.0. The molecule has 6 nitrogen and oxygen atoms in total. The largest absolute Gasteiger partial charge is 0.492 e. The van der Waals surface area contributed by atoms with E-state index in [1.165, 1.54) is 16.4 Å². The van der Waals surface area contributed by atoms with Crippen LogP contribution in [0.4, 0.5) is 5.69 Å². The molecule has 0 aliphatic carbocycles. The molecule has 0 bridgehead atoms. The Labute approximate surface area is 170 Å². The van der Waals surface area contributed by atoms with Crippen LogP contribution in [0, 0.1) is 5.92 Å². The number of nitrogens with zero attached hydrogens (tertiary/aromatic N) is 1. The Morgan fingerprint density at radius 3 is 2.68 bits per heavy atom. The molecule has 1 unspecified atom stereocenters. The molecule has 28 heavy (non-hydrogen) atoms. The van der Waals surface area contributed by atoms with Gasteiger partial charge in [-0.15, -0.1) is 0 Å². The topological polar surface area (TPSA) is 75.7 Å². The van der Waals surface area contributed by atoms with Crippen LogP contribution in [-0.2, 0) is 21.2 Å². The third-order valence-corrected chi connectivity index (χ3v) is 7.03. The molecule has 2 aromatic carbocycles. The van der Waals surface area contributed by atoms with E-state index in [1.54, 1.807) is 44.2 Å². The van der Waals surface area contributed by atoms with Crippen molar-refractivity contribution in [1.82, 2.24) is 4.31 Å². The number of carbonyl (C=O) groups is 1. The zero-order valence-corrected chi connectivity index (χ0v) is 17.4. The quantitative estimate of drug-likeness (QED) is 0.772. The van der Waals surface area contributed by atoms with Crippen LogP contribution in [0.15, 0.2) is 47.4 Å². The molecule has 1 N–H and O–H groups in total. The van der Waals surface area contributed by atoms with Crippen LogP contribution in [-0.4, -0.2) is 38.3 Å². The van der Waals surface area contributed by atoms with Gasteiger partial charge in [0, 0.05) is 23.8 Å². The van der Waals surface area contributed by atoms with Crippen molar-refractivity contribution in [2.24, 2.45) is 5.92 Å². The maximum atomic E-state index is 12.7. The van der Waals surface area contributed by atoms with E-state index in [9.17, 15) is 13.2 Å². The van der Waals surface area contributed by atoms with Crippen molar-refractivity contribution < 1.29 is 17.9 Å². The standard InChI is InChI=1S/C20H23ClN2O4S/c1-3-23(4-2)28(25,26)18-7-5-6-17(12-18)22-20(24)15-10-14-11-16(21)8-9-19(14)27-13-15/h5-9,11-12,15H,3-4,10,13H2,1-2H3,(H,22,24). The number of hydrogen-bond donors (Lipinski definition) is 1. The molecule has 3 rings (SSSR count). The molecular formula is C20H23ClN2O4S. The number of fused-ring (bicyclic) bond motifs is 1. The van der Waals surface area contributed by atoms with Crippen molar-refractivity contribution in [3.05, 3.63) is 53.1 Å². The molecule has 0 fully saturated rings. The second kappa shape index (κ2) is 8.51. The van der Waals surface area contributed by atoms with Crippen molar-refractivity contribution in [3.63, 3.8) is 0 Å². The number of carbonyl (C=O) groups excluding carboxylic acids is 1. The van der Waals surface area contributed by atoms with Gasteiger partial charge in [-0.05, 0) is 48.4 Å². The highest BCUT2D eigenvalue weighted by Crippen LogP contribution is 2.30. The molecule has 1 amide bonds. The van der Waals surface area contributed by atoms with Crippen LogP contribution in [0.1, 0.15) is 19.4 Å². The maximum absolute atomic E-state index is 12.7. The number of rotatable bonds is 6. The third kappa shape index (κ3) is 4.32. The molecule has 0 aromatic heterocycles. The molecule has 1 heterocycles. The van der Waals surface area contributed by atoms with Gasteiger partial charge in [0.25, 0.3) is 0 Å². The SMILES string of the molecule is CCN(CC)S(=O)(=O)c1cccc(NC(=O)C2COc3ccc(Cl)cc3C2)c1. The van der Waals surface area contributed by atoms with E-state index in [0.717, 1.165) is 11.3 Å². The minimum Gasteiger partial charge on any atom is -0.492 e. The highest BCUT2D eigenvalue weighted by atomic mass is 35.5. The fourth-order valence-corrected chi connectivity index (χ4v) is 4.92. The van der Waals surface area contributed by atoms with Crippen molar-refractivity contribution in [2.45, 2.75) is 25.2 Å². The van der Waals surface area contributed by atoms with Crippen molar-refractivity contribution >= 4 is 33.2 Å². The number of amides is 1. The molecule has 0 saturated heterocycles. The van der Waals surface area contributed by atoms with Crippen LogP contribution < -0.4 is 10.1 Å². The van der Waals surface area contributed by atoms with Gasteiger partial charge in [-0.3, -0.25) is 4.79 Å². The summed E-state index contributed by atoms with van der Waals surface area (Å²) in [4.78, 5) is 12.8. The minimum absolute atomic E-state index is 0.158. The van der Waals surface area contributed by atoms with Gasteiger partial charge in [-0.25, -0.2) is 8.42 Å². The van der Waals surface area contributed by atoms with Crippen molar-refractivity contribution in [1.29, 1.82) is 0 Å². The van der Waals surface area contributed by atoms with Gasteiger partial charge in [-0.2, -0.15) is 4.31 Å². The number of anilines is 1. The summed E-state index contributed by atoms with van der Waals surface area (Å²) < 4.78 is 32.4. The number of ether oxygens (including phenoxy) is 1. The Morgan fingerprint density at radius 1 is 1.21 bits per heavy atom. The fourth-order valence-electron chi connectivity index (χ4n) is 3.22. The highest BCUT2D eigenvalue weighted by molar-refractivity contribution is 7.89. The normalized spacial score (nSPS) is 16.4. The van der Waals surface area contributed by atoms with E-state index in [2.05, 4.69) is 5.32 Å². The van der Waals surface area contributed by atoms with Crippen LogP contribution in [0.2, 0.25) is 5.02 Å². The van der Waals surface area contributed by atoms with Crippen molar-refractivity contribution in [2.75, 3.05) is 25.0 Å². The zero-order valence-electron chi connectivity index (χ0n) is 15.8. The van der Waals surface area contributed by atoms with E-state index in [0.29, 0.717) is 30.2 Å². The van der Waals surface area contributed by atoms with Crippen LogP contribution in [0.3, 0.4) is 0 Å². The summed E-state index contributed by atoms with van der Waals surface area (Å²) in [5, 5.41) is 3.40. The zero-order chi connectivity index (χ0) is 20.3. The molecule has 0 radical (unpaired) electrons. The molecular weight excluding hydrogens is 400 g/mol. The molecule has 0 saturated carbocycles. The van der Waals surface area contributed by atoms with E-state index in [1.807, 2.05) is 0 Å². The number of benzene rings is 2. The Balaban J connectivity index is 1.75. The second-order valence-electron chi connectivity index (χ2n) is 6.57. The summed E-state index contributed by atoms with van der Waals surface area (Å²) >= 11 is 6.03. The monoisotopic (exact) mass is 422 g/mol. The summed E-state index contributed by atoms with van der Waals surface area (Å²) in [5.74, 6) is 0.137. The molecule has 1 atom stereocenters. The van der Waals surface area contributed by atoms with Gasteiger partial charge in [0.15, 0.2) is 0 Å².